The quantitative estimate of drug-likeness (QED) is 0.780. The maximum atomic E-state index is 11.4. The van der Waals surface area contributed by atoms with Crippen molar-refractivity contribution in [1.29, 1.82) is 0 Å². The normalized spacial score (nSPS) is 12.4. The maximum absolute atomic E-state index is 11.4. The fraction of sp³-hybridized carbons (Fsp3) is 0.429. The molecule has 0 bridgehead atoms. The van der Waals surface area contributed by atoms with Gasteiger partial charge >= 0.3 is 0 Å². The standard InChI is InChI=1S/C14H20N4OS/c1-2-6-16-11(13(15)19)5-8-18-9-7-17-14(18)12-4-3-10-20-12/h3-4,7,9-11,16H,2,5-6,8H2,1H3,(H2,15,19). The highest BCUT2D eigenvalue weighted by atomic mass is 32.1. The second-order valence-electron chi connectivity index (χ2n) is 4.62. The van der Waals surface area contributed by atoms with E-state index in [1.807, 2.05) is 23.7 Å². The Kier molecular flexibility index (Phi) is 5.31. The number of imidazole rings is 1. The number of rotatable bonds is 8. The monoisotopic (exact) mass is 292 g/mol. The van der Waals surface area contributed by atoms with Crippen LogP contribution in [0.1, 0.15) is 19.8 Å². The number of nitrogens with two attached hydrogens (primary N) is 1. The molecule has 0 saturated carbocycles. The van der Waals surface area contributed by atoms with Crippen LogP contribution in [-0.2, 0) is 11.3 Å². The molecule has 1 unspecified atom stereocenters. The first-order valence-electron chi connectivity index (χ1n) is 6.80. The molecular formula is C14H20N4OS. The number of amides is 1. The topological polar surface area (TPSA) is 72.9 Å². The molecule has 0 aromatic carbocycles. The van der Waals surface area contributed by atoms with Crippen LogP contribution in [0.5, 0.6) is 0 Å². The van der Waals surface area contributed by atoms with Crippen molar-refractivity contribution in [2.45, 2.75) is 32.4 Å². The number of nitrogens with one attached hydrogen (secondary N) is 1. The number of aryl methyl sites for hydroxylation is 1. The van der Waals surface area contributed by atoms with E-state index in [2.05, 4.69) is 21.8 Å². The van der Waals surface area contributed by atoms with Gasteiger partial charge in [0.1, 0.15) is 5.82 Å². The molecule has 0 radical (unpaired) electrons. The zero-order valence-corrected chi connectivity index (χ0v) is 12.4. The van der Waals surface area contributed by atoms with Gasteiger partial charge in [-0.1, -0.05) is 13.0 Å². The van der Waals surface area contributed by atoms with E-state index in [1.165, 1.54) is 0 Å². The van der Waals surface area contributed by atoms with Gasteiger partial charge < -0.3 is 15.6 Å². The van der Waals surface area contributed by atoms with Crippen LogP contribution >= 0.6 is 11.3 Å². The first-order chi connectivity index (χ1) is 9.72. The van der Waals surface area contributed by atoms with Crippen LogP contribution in [0.15, 0.2) is 29.9 Å². The van der Waals surface area contributed by atoms with Crippen molar-refractivity contribution in [1.82, 2.24) is 14.9 Å². The summed E-state index contributed by atoms with van der Waals surface area (Å²) in [7, 11) is 0. The molecule has 1 amide bonds. The highest BCUT2D eigenvalue weighted by Crippen LogP contribution is 2.23. The molecule has 0 fully saturated rings. The minimum absolute atomic E-state index is 0.284. The Labute approximate surface area is 122 Å². The summed E-state index contributed by atoms with van der Waals surface area (Å²) in [6.45, 7) is 3.59. The third-order valence-electron chi connectivity index (χ3n) is 3.10. The number of hydrogen-bond donors (Lipinski definition) is 2. The minimum atomic E-state index is -0.295. The summed E-state index contributed by atoms with van der Waals surface area (Å²) in [5, 5.41) is 5.21. The second-order valence-corrected chi connectivity index (χ2v) is 5.57. The lowest BCUT2D eigenvalue weighted by Gasteiger charge is -2.15. The van der Waals surface area contributed by atoms with E-state index in [9.17, 15) is 4.79 Å². The minimum Gasteiger partial charge on any atom is -0.368 e. The number of carbonyl (C=O) groups is 1. The van der Waals surface area contributed by atoms with Gasteiger partial charge in [-0.15, -0.1) is 11.3 Å². The molecule has 6 heteroatoms. The highest BCUT2D eigenvalue weighted by molar-refractivity contribution is 7.13. The van der Waals surface area contributed by atoms with Crippen molar-refractivity contribution >= 4 is 17.2 Å². The molecule has 0 aliphatic carbocycles. The average Bonchev–Trinajstić information content (AvgIpc) is 3.08. The van der Waals surface area contributed by atoms with Crippen LogP contribution in [0.2, 0.25) is 0 Å². The summed E-state index contributed by atoms with van der Waals surface area (Å²) in [6, 6.07) is 3.77. The molecule has 2 rings (SSSR count). The fourth-order valence-electron chi connectivity index (χ4n) is 2.05. The lowest BCUT2D eigenvalue weighted by atomic mass is 10.2. The zero-order chi connectivity index (χ0) is 14.4. The van der Waals surface area contributed by atoms with Crippen LogP contribution in [0.3, 0.4) is 0 Å². The van der Waals surface area contributed by atoms with Gasteiger partial charge in [0.15, 0.2) is 0 Å². The van der Waals surface area contributed by atoms with E-state index in [0.29, 0.717) is 6.42 Å². The summed E-state index contributed by atoms with van der Waals surface area (Å²) in [5.41, 5.74) is 5.43. The van der Waals surface area contributed by atoms with E-state index in [-0.39, 0.29) is 11.9 Å². The zero-order valence-electron chi connectivity index (χ0n) is 11.6. The number of primary amides is 1. The first kappa shape index (κ1) is 14.7. The number of hydrogen-bond acceptors (Lipinski definition) is 4. The van der Waals surface area contributed by atoms with Gasteiger partial charge in [0, 0.05) is 18.9 Å². The van der Waals surface area contributed by atoms with Gasteiger partial charge in [-0.2, -0.15) is 0 Å². The molecule has 0 aliphatic heterocycles. The highest BCUT2D eigenvalue weighted by Gasteiger charge is 2.15. The van der Waals surface area contributed by atoms with Crippen molar-refractivity contribution < 1.29 is 4.79 Å². The van der Waals surface area contributed by atoms with E-state index < -0.39 is 0 Å². The van der Waals surface area contributed by atoms with E-state index >= 15 is 0 Å². The van der Waals surface area contributed by atoms with Crippen molar-refractivity contribution in [3.8, 4) is 10.7 Å². The van der Waals surface area contributed by atoms with Gasteiger partial charge in [0.05, 0.1) is 10.9 Å². The number of nitrogens with zero attached hydrogens (tertiary/aromatic N) is 2. The molecule has 0 spiro atoms. The average molecular weight is 292 g/mol. The number of thiophene rings is 1. The van der Waals surface area contributed by atoms with Gasteiger partial charge in [-0.25, -0.2) is 4.98 Å². The van der Waals surface area contributed by atoms with Crippen LogP contribution in [0, 0.1) is 0 Å². The van der Waals surface area contributed by atoms with Crippen LogP contribution in [0.4, 0.5) is 0 Å². The van der Waals surface area contributed by atoms with Crippen LogP contribution in [0.25, 0.3) is 10.7 Å². The van der Waals surface area contributed by atoms with Gasteiger partial charge in [-0.05, 0) is 30.8 Å². The third-order valence-corrected chi connectivity index (χ3v) is 3.97. The van der Waals surface area contributed by atoms with Gasteiger partial charge in [0.2, 0.25) is 5.91 Å². The third kappa shape index (κ3) is 3.68. The van der Waals surface area contributed by atoms with Crippen molar-refractivity contribution in [2.75, 3.05) is 6.54 Å². The Hall–Kier alpha value is -1.66. The Morgan fingerprint density at radius 1 is 1.60 bits per heavy atom. The summed E-state index contributed by atoms with van der Waals surface area (Å²) in [4.78, 5) is 16.9. The lowest BCUT2D eigenvalue weighted by Crippen LogP contribution is -2.42. The van der Waals surface area contributed by atoms with Crippen molar-refractivity contribution in [2.24, 2.45) is 5.73 Å². The number of aromatic nitrogens is 2. The van der Waals surface area contributed by atoms with E-state index in [4.69, 9.17) is 5.73 Å². The predicted molar refractivity (Wildman–Crippen MR) is 81.4 cm³/mol. The number of carbonyl (C=O) groups excluding carboxylic acids is 1. The SMILES string of the molecule is CCCNC(CCn1ccnc1-c1cccs1)C(N)=O. The fourth-order valence-corrected chi connectivity index (χ4v) is 2.79. The Bertz CT molecular complexity index is 535. The molecule has 20 heavy (non-hydrogen) atoms. The lowest BCUT2D eigenvalue weighted by molar-refractivity contribution is -0.120. The first-order valence-corrected chi connectivity index (χ1v) is 7.68. The Morgan fingerprint density at radius 2 is 2.45 bits per heavy atom. The maximum Gasteiger partial charge on any atom is 0.234 e. The molecule has 2 aromatic rings. The smallest absolute Gasteiger partial charge is 0.234 e. The van der Waals surface area contributed by atoms with E-state index in [0.717, 1.165) is 30.2 Å². The molecule has 2 heterocycles. The van der Waals surface area contributed by atoms with Gasteiger partial charge in [-0.3, -0.25) is 4.79 Å². The molecule has 108 valence electrons. The summed E-state index contributed by atoms with van der Waals surface area (Å²) < 4.78 is 2.06. The van der Waals surface area contributed by atoms with Crippen molar-refractivity contribution in [3.63, 3.8) is 0 Å². The largest absolute Gasteiger partial charge is 0.368 e. The predicted octanol–water partition coefficient (Wildman–Crippen LogP) is 1.86. The molecule has 2 aromatic heterocycles. The molecule has 0 saturated heterocycles. The second kappa shape index (κ2) is 7.21. The van der Waals surface area contributed by atoms with Gasteiger partial charge in [0.25, 0.3) is 0 Å². The Balaban J connectivity index is 2.00. The van der Waals surface area contributed by atoms with Crippen LogP contribution in [-0.4, -0.2) is 28.0 Å². The summed E-state index contributed by atoms with van der Waals surface area (Å²) >= 11 is 1.66. The summed E-state index contributed by atoms with van der Waals surface area (Å²) in [5.74, 6) is 0.648. The molecule has 0 aliphatic rings. The van der Waals surface area contributed by atoms with Crippen molar-refractivity contribution in [3.05, 3.63) is 29.9 Å². The summed E-state index contributed by atoms with van der Waals surface area (Å²) in [6.07, 6.45) is 5.38. The van der Waals surface area contributed by atoms with E-state index in [1.54, 1.807) is 17.5 Å². The Morgan fingerprint density at radius 3 is 3.10 bits per heavy atom. The molecule has 5 nitrogen and oxygen atoms in total. The van der Waals surface area contributed by atoms with Crippen LogP contribution < -0.4 is 11.1 Å². The molecule has 1 atom stereocenters. The molecule has 3 N–H and O–H groups in total. The molecular weight excluding hydrogens is 272 g/mol.